The lowest BCUT2D eigenvalue weighted by molar-refractivity contribution is -0.385. The maximum Gasteiger partial charge on any atom is 0.341 e. The average Bonchev–Trinajstić information content (AvgIpc) is 2.15. The van der Waals surface area contributed by atoms with Crippen LogP contribution >= 0.6 is 0 Å². The summed E-state index contributed by atoms with van der Waals surface area (Å²) in [6.07, 6.45) is 0. The van der Waals surface area contributed by atoms with Crippen molar-refractivity contribution in [3.63, 3.8) is 0 Å². The Morgan fingerprint density at radius 1 is 1.44 bits per heavy atom. The van der Waals surface area contributed by atoms with Crippen molar-refractivity contribution in [1.82, 2.24) is 0 Å². The lowest BCUT2D eigenvalue weighted by Crippen LogP contribution is -2.11. The number of carbonyl (C=O) groups is 1. The van der Waals surface area contributed by atoms with E-state index < -0.39 is 40.6 Å². The van der Waals surface area contributed by atoms with Gasteiger partial charge >= 0.3 is 5.97 Å². The van der Waals surface area contributed by atoms with Crippen LogP contribution in [0, 0.1) is 21.7 Å². The Kier molecular flexibility index (Phi) is 3.33. The first-order valence-corrected chi connectivity index (χ1v) is 3.90. The second kappa shape index (κ2) is 4.51. The van der Waals surface area contributed by atoms with E-state index in [1.54, 1.807) is 0 Å². The molecule has 0 atom stereocenters. The normalized spacial score (nSPS) is 9.88. The van der Waals surface area contributed by atoms with Crippen LogP contribution in [-0.2, 0) is 4.79 Å². The molecule has 0 aromatic heterocycles. The van der Waals surface area contributed by atoms with Crippen LogP contribution in [0.5, 0.6) is 5.75 Å². The molecule has 0 radical (unpaired) electrons. The van der Waals surface area contributed by atoms with E-state index >= 15 is 0 Å². The Balaban J connectivity index is 3.03. The largest absolute Gasteiger partial charge is 0.479 e. The van der Waals surface area contributed by atoms with E-state index in [2.05, 4.69) is 4.74 Å². The van der Waals surface area contributed by atoms with Gasteiger partial charge in [0.1, 0.15) is 0 Å². The zero-order valence-electron chi connectivity index (χ0n) is 7.65. The number of nitro benzene ring substituents is 1. The molecular weight excluding hydrogens is 228 g/mol. The van der Waals surface area contributed by atoms with Gasteiger partial charge in [0.25, 0.3) is 5.69 Å². The van der Waals surface area contributed by atoms with Crippen molar-refractivity contribution in [2.24, 2.45) is 0 Å². The molecule has 0 amide bonds. The molecular formula is C8H5F2NO5. The van der Waals surface area contributed by atoms with E-state index in [4.69, 9.17) is 5.11 Å². The van der Waals surface area contributed by atoms with Crippen LogP contribution in [0.4, 0.5) is 14.5 Å². The summed E-state index contributed by atoms with van der Waals surface area (Å²) in [4.78, 5) is 19.3. The van der Waals surface area contributed by atoms with Crippen molar-refractivity contribution < 1.29 is 28.3 Å². The van der Waals surface area contributed by atoms with E-state index in [1.807, 2.05) is 0 Å². The predicted molar refractivity (Wildman–Crippen MR) is 46.1 cm³/mol. The minimum Gasteiger partial charge on any atom is -0.479 e. The predicted octanol–water partition coefficient (Wildman–Crippen LogP) is 1.34. The first-order chi connectivity index (χ1) is 7.41. The Bertz CT molecular complexity index is 425. The fourth-order valence-electron chi connectivity index (χ4n) is 0.924. The molecule has 0 aliphatic heterocycles. The van der Waals surface area contributed by atoms with E-state index in [9.17, 15) is 23.7 Å². The van der Waals surface area contributed by atoms with Crippen LogP contribution in [0.15, 0.2) is 12.1 Å². The number of rotatable bonds is 4. The van der Waals surface area contributed by atoms with Crippen LogP contribution in [0.2, 0.25) is 0 Å². The van der Waals surface area contributed by atoms with Crippen LogP contribution < -0.4 is 4.74 Å². The highest BCUT2D eigenvalue weighted by atomic mass is 19.1. The summed E-state index contributed by atoms with van der Waals surface area (Å²) >= 11 is 0. The fourth-order valence-corrected chi connectivity index (χ4v) is 0.924. The zero-order chi connectivity index (χ0) is 12.3. The summed E-state index contributed by atoms with van der Waals surface area (Å²) in [7, 11) is 0. The van der Waals surface area contributed by atoms with Gasteiger partial charge in [-0.05, 0) is 0 Å². The van der Waals surface area contributed by atoms with Crippen molar-refractivity contribution in [3.05, 3.63) is 33.9 Å². The highest BCUT2D eigenvalue weighted by Gasteiger charge is 2.18. The van der Waals surface area contributed by atoms with Crippen LogP contribution in [0.25, 0.3) is 0 Å². The van der Waals surface area contributed by atoms with Gasteiger partial charge in [-0.25, -0.2) is 13.6 Å². The molecule has 1 aromatic rings. The number of non-ortho nitro benzene ring substituents is 1. The van der Waals surface area contributed by atoms with Gasteiger partial charge in [0, 0.05) is 0 Å². The molecule has 0 spiro atoms. The first-order valence-electron chi connectivity index (χ1n) is 3.90. The number of aliphatic carboxylic acids is 1. The van der Waals surface area contributed by atoms with Gasteiger partial charge in [-0.2, -0.15) is 0 Å². The quantitative estimate of drug-likeness (QED) is 0.625. The van der Waals surface area contributed by atoms with Crippen LogP contribution in [0.3, 0.4) is 0 Å². The molecule has 6 nitrogen and oxygen atoms in total. The van der Waals surface area contributed by atoms with Gasteiger partial charge in [0.15, 0.2) is 24.0 Å². The number of carboxylic acids is 1. The second-order valence-electron chi connectivity index (χ2n) is 2.68. The summed E-state index contributed by atoms with van der Waals surface area (Å²) in [6, 6.07) is 0.889. The molecule has 1 aromatic carbocycles. The van der Waals surface area contributed by atoms with Crippen LogP contribution in [-0.4, -0.2) is 22.6 Å². The first kappa shape index (κ1) is 11.8. The van der Waals surface area contributed by atoms with Gasteiger partial charge in [0.05, 0.1) is 17.1 Å². The summed E-state index contributed by atoms with van der Waals surface area (Å²) in [6.45, 7) is -0.939. The molecule has 1 rings (SSSR count). The molecule has 0 saturated carbocycles. The lowest BCUT2D eigenvalue weighted by Gasteiger charge is -2.05. The van der Waals surface area contributed by atoms with Gasteiger partial charge < -0.3 is 9.84 Å². The third-order valence-corrected chi connectivity index (χ3v) is 1.53. The Morgan fingerprint density at radius 3 is 2.31 bits per heavy atom. The minimum atomic E-state index is -1.42. The van der Waals surface area contributed by atoms with E-state index in [0.717, 1.165) is 0 Å². The molecule has 0 aliphatic carbocycles. The molecule has 8 heteroatoms. The van der Waals surface area contributed by atoms with Gasteiger partial charge in [0.2, 0.25) is 0 Å². The van der Waals surface area contributed by atoms with Crippen LogP contribution in [0.1, 0.15) is 0 Å². The molecule has 0 bridgehead atoms. The van der Waals surface area contributed by atoms with Crippen molar-refractivity contribution in [2.45, 2.75) is 0 Å². The molecule has 0 fully saturated rings. The van der Waals surface area contributed by atoms with E-state index in [0.29, 0.717) is 12.1 Å². The van der Waals surface area contributed by atoms with Gasteiger partial charge in [-0.15, -0.1) is 0 Å². The number of ether oxygens (including phenoxy) is 1. The summed E-state index contributed by atoms with van der Waals surface area (Å²) < 4.78 is 30.4. The van der Waals surface area contributed by atoms with E-state index in [-0.39, 0.29) is 0 Å². The number of carboxylic acid groups (broad SMARTS) is 1. The topological polar surface area (TPSA) is 89.7 Å². The van der Waals surface area contributed by atoms with Crippen molar-refractivity contribution in [2.75, 3.05) is 6.61 Å². The van der Waals surface area contributed by atoms with Gasteiger partial charge in [-0.3, -0.25) is 10.1 Å². The second-order valence-corrected chi connectivity index (χ2v) is 2.68. The summed E-state index contributed by atoms with van der Waals surface area (Å²) in [5, 5.41) is 18.4. The molecule has 86 valence electrons. The Hall–Kier alpha value is -2.25. The monoisotopic (exact) mass is 233 g/mol. The summed E-state index contributed by atoms with van der Waals surface area (Å²) in [5.41, 5.74) is -0.780. The number of hydrogen-bond acceptors (Lipinski definition) is 4. The molecule has 0 unspecified atom stereocenters. The third kappa shape index (κ3) is 2.62. The molecule has 1 N–H and O–H groups in total. The lowest BCUT2D eigenvalue weighted by atomic mass is 10.3. The molecule has 16 heavy (non-hydrogen) atoms. The third-order valence-electron chi connectivity index (χ3n) is 1.53. The number of halogens is 2. The van der Waals surface area contributed by atoms with Crippen molar-refractivity contribution in [1.29, 1.82) is 0 Å². The highest BCUT2D eigenvalue weighted by molar-refractivity contribution is 5.68. The number of nitrogens with zero attached hydrogens (tertiary/aromatic N) is 1. The smallest absolute Gasteiger partial charge is 0.341 e. The van der Waals surface area contributed by atoms with Gasteiger partial charge in [-0.1, -0.05) is 0 Å². The Labute approximate surface area is 87.2 Å². The number of benzene rings is 1. The minimum absolute atomic E-state index is 0.445. The average molecular weight is 233 g/mol. The van der Waals surface area contributed by atoms with E-state index in [1.165, 1.54) is 0 Å². The van der Waals surface area contributed by atoms with Crippen molar-refractivity contribution in [3.8, 4) is 5.75 Å². The highest BCUT2D eigenvalue weighted by Crippen LogP contribution is 2.26. The zero-order valence-corrected chi connectivity index (χ0v) is 7.65. The number of nitro groups is 1. The maximum atomic E-state index is 13.1. The molecule has 0 saturated heterocycles. The molecule has 0 aliphatic rings. The number of hydrogen-bond donors (Lipinski definition) is 1. The fraction of sp³-hybridized carbons (Fsp3) is 0.125. The molecule has 0 heterocycles. The summed E-state index contributed by atoms with van der Waals surface area (Å²) in [5.74, 6) is -5.02. The SMILES string of the molecule is O=C(O)COc1c(F)cc([N+](=O)[O-])cc1F. The Morgan fingerprint density at radius 2 is 1.94 bits per heavy atom. The maximum absolute atomic E-state index is 13.1. The standard InChI is InChI=1S/C8H5F2NO5/c9-5-1-4(11(14)15)2-6(10)8(5)16-3-7(12)13/h1-2H,3H2,(H,12,13). The van der Waals surface area contributed by atoms with Crippen molar-refractivity contribution >= 4 is 11.7 Å².